The molecule has 1 aromatic carbocycles. The number of ether oxygens (including phenoxy) is 2. The van der Waals surface area contributed by atoms with Crippen molar-refractivity contribution in [1.82, 2.24) is 10.2 Å². The van der Waals surface area contributed by atoms with Gasteiger partial charge >= 0.3 is 0 Å². The van der Waals surface area contributed by atoms with Gasteiger partial charge in [-0.3, -0.25) is 4.99 Å². The molecule has 0 bridgehead atoms. The van der Waals surface area contributed by atoms with Gasteiger partial charge in [0.05, 0.1) is 11.0 Å². The molecule has 0 aliphatic carbocycles. The summed E-state index contributed by atoms with van der Waals surface area (Å²) in [6, 6.07) is 4.07. The number of hydrogen-bond donors (Lipinski definition) is 1. The van der Waals surface area contributed by atoms with Crippen LogP contribution in [0.4, 0.5) is 0 Å². The van der Waals surface area contributed by atoms with E-state index in [2.05, 4.69) is 37.2 Å². The Morgan fingerprint density at radius 2 is 2.21 bits per heavy atom. The van der Waals surface area contributed by atoms with E-state index in [-0.39, 0.29) is 0 Å². The molecule has 2 aliphatic rings. The van der Waals surface area contributed by atoms with E-state index >= 15 is 0 Å². The van der Waals surface area contributed by atoms with Crippen LogP contribution in [-0.4, -0.2) is 44.2 Å². The Balaban J connectivity index is 1.73. The molecule has 0 fully saturated rings. The Hall–Kier alpha value is -1.43. The third kappa shape index (κ3) is 2.63. The van der Waals surface area contributed by atoms with Crippen molar-refractivity contribution in [3.05, 3.63) is 22.2 Å². The molecular weight excluding hydrogens is 310 g/mol. The fourth-order valence-electron chi connectivity index (χ4n) is 2.17. The van der Waals surface area contributed by atoms with Gasteiger partial charge in [-0.15, -0.1) is 0 Å². The number of fused-ring (bicyclic) bond motifs is 1. The van der Waals surface area contributed by atoms with Crippen LogP contribution in [0, 0.1) is 0 Å². The van der Waals surface area contributed by atoms with E-state index in [0.717, 1.165) is 47.1 Å². The summed E-state index contributed by atoms with van der Waals surface area (Å²) in [5.41, 5.74) is 1.14. The Bertz CT molecular complexity index is 519. The first-order chi connectivity index (χ1) is 9.24. The van der Waals surface area contributed by atoms with Crippen LogP contribution in [0.5, 0.6) is 11.5 Å². The van der Waals surface area contributed by atoms with Crippen molar-refractivity contribution in [3.8, 4) is 11.5 Å². The van der Waals surface area contributed by atoms with E-state index in [1.165, 1.54) is 0 Å². The predicted octanol–water partition coefficient (Wildman–Crippen LogP) is 1.61. The Morgan fingerprint density at radius 1 is 1.37 bits per heavy atom. The molecule has 1 N–H and O–H groups in total. The highest BCUT2D eigenvalue weighted by atomic mass is 79.9. The molecule has 6 heteroatoms. The number of rotatable bonds is 2. The summed E-state index contributed by atoms with van der Waals surface area (Å²) in [6.45, 7) is 3.77. The molecule has 19 heavy (non-hydrogen) atoms. The van der Waals surface area contributed by atoms with Crippen molar-refractivity contribution < 1.29 is 9.47 Å². The number of benzene rings is 1. The molecule has 0 unspecified atom stereocenters. The lowest BCUT2D eigenvalue weighted by atomic mass is 10.2. The smallest absolute Gasteiger partial charge is 0.194 e. The van der Waals surface area contributed by atoms with Gasteiger partial charge in [0.2, 0.25) is 0 Å². The van der Waals surface area contributed by atoms with E-state index in [4.69, 9.17) is 9.47 Å². The molecule has 0 saturated carbocycles. The van der Waals surface area contributed by atoms with Crippen molar-refractivity contribution in [1.29, 1.82) is 0 Å². The van der Waals surface area contributed by atoms with Gasteiger partial charge in [-0.25, -0.2) is 0 Å². The van der Waals surface area contributed by atoms with Crippen LogP contribution < -0.4 is 14.8 Å². The summed E-state index contributed by atoms with van der Waals surface area (Å²) in [5, 5.41) is 3.34. The number of aliphatic imine (C=N–C) groups is 1. The minimum absolute atomic E-state index is 0.602. The number of guanidine groups is 1. The molecule has 3 rings (SSSR count). The SMILES string of the molecule is CN1CCN=C1NCc1cc(Br)c2c(c1)OCCO2. The number of nitrogens with zero attached hydrogens (tertiary/aromatic N) is 2. The average Bonchev–Trinajstić information content (AvgIpc) is 2.82. The standard InChI is InChI=1S/C13H16BrN3O2/c1-17-3-2-15-13(17)16-8-9-6-10(14)12-11(7-9)18-4-5-19-12/h6-7H,2-5,8H2,1H3,(H,15,16). The maximum Gasteiger partial charge on any atom is 0.194 e. The molecule has 102 valence electrons. The second kappa shape index (κ2) is 5.28. The van der Waals surface area contributed by atoms with Gasteiger partial charge in [0.25, 0.3) is 0 Å². The summed E-state index contributed by atoms with van der Waals surface area (Å²) < 4.78 is 12.1. The largest absolute Gasteiger partial charge is 0.486 e. The van der Waals surface area contributed by atoms with Gasteiger partial charge < -0.3 is 19.7 Å². The van der Waals surface area contributed by atoms with E-state index in [9.17, 15) is 0 Å². The normalized spacial score (nSPS) is 17.4. The van der Waals surface area contributed by atoms with Crippen LogP contribution in [0.15, 0.2) is 21.6 Å². The summed E-state index contributed by atoms with van der Waals surface area (Å²) in [7, 11) is 2.04. The highest BCUT2D eigenvalue weighted by Gasteiger charge is 2.17. The molecule has 0 spiro atoms. The van der Waals surface area contributed by atoms with E-state index < -0.39 is 0 Å². The van der Waals surface area contributed by atoms with Crippen molar-refractivity contribution in [2.75, 3.05) is 33.4 Å². The Kier molecular flexibility index (Phi) is 3.50. The zero-order chi connectivity index (χ0) is 13.2. The molecule has 1 aromatic rings. The molecule has 0 amide bonds. The number of likely N-dealkylation sites (N-methyl/N-ethyl adjacent to an activating group) is 1. The molecular formula is C13H16BrN3O2. The number of nitrogens with one attached hydrogen (secondary N) is 1. The zero-order valence-corrected chi connectivity index (χ0v) is 12.4. The maximum atomic E-state index is 5.61. The molecule has 5 nitrogen and oxygen atoms in total. The highest BCUT2D eigenvalue weighted by Crippen LogP contribution is 2.38. The fourth-order valence-corrected chi connectivity index (χ4v) is 2.77. The van der Waals surface area contributed by atoms with Crippen molar-refractivity contribution in [3.63, 3.8) is 0 Å². The molecule has 0 aromatic heterocycles. The molecule has 2 aliphatic heterocycles. The first-order valence-electron chi connectivity index (χ1n) is 6.31. The van der Waals surface area contributed by atoms with E-state index in [1.54, 1.807) is 0 Å². The lowest BCUT2D eigenvalue weighted by molar-refractivity contribution is 0.170. The summed E-state index contributed by atoms with van der Waals surface area (Å²) in [6.07, 6.45) is 0. The second-order valence-corrected chi connectivity index (χ2v) is 5.44. The summed E-state index contributed by atoms with van der Waals surface area (Å²) in [5.74, 6) is 2.55. The third-order valence-electron chi connectivity index (χ3n) is 3.17. The maximum absolute atomic E-state index is 5.61. The average molecular weight is 326 g/mol. The summed E-state index contributed by atoms with van der Waals surface area (Å²) in [4.78, 5) is 6.52. The molecule has 0 radical (unpaired) electrons. The topological polar surface area (TPSA) is 46.1 Å². The van der Waals surface area contributed by atoms with Crippen LogP contribution in [-0.2, 0) is 6.54 Å². The van der Waals surface area contributed by atoms with Crippen LogP contribution in [0.2, 0.25) is 0 Å². The van der Waals surface area contributed by atoms with Crippen LogP contribution >= 0.6 is 15.9 Å². The van der Waals surface area contributed by atoms with Crippen molar-refractivity contribution in [2.45, 2.75) is 6.54 Å². The zero-order valence-electron chi connectivity index (χ0n) is 10.8. The van der Waals surface area contributed by atoms with Crippen LogP contribution in [0.1, 0.15) is 5.56 Å². The lowest BCUT2D eigenvalue weighted by Crippen LogP contribution is -2.35. The Morgan fingerprint density at radius 3 is 3.00 bits per heavy atom. The molecule has 0 atom stereocenters. The number of halogens is 1. The van der Waals surface area contributed by atoms with Gasteiger partial charge in [-0.1, -0.05) is 0 Å². The van der Waals surface area contributed by atoms with E-state index in [0.29, 0.717) is 13.2 Å². The van der Waals surface area contributed by atoms with Crippen LogP contribution in [0.25, 0.3) is 0 Å². The monoisotopic (exact) mass is 325 g/mol. The van der Waals surface area contributed by atoms with Crippen molar-refractivity contribution >= 4 is 21.9 Å². The fraction of sp³-hybridized carbons (Fsp3) is 0.462. The first-order valence-corrected chi connectivity index (χ1v) is 7.11. The van der Waals surface area contributed by atoms with Gasteiger partial charge in [0, 0.05) is 20.1 Å². The lowest BCUT2D eigenvalue weighted by Gasteiger charge is -2.21. The van der Waals surface area contributed by atoms with E-state index in [1.807, 2.05) is 13.1 Å². The molecule has 2 heterocycles. The van der Waals surface area contributed by atoms with Crippen molar-refractivity contribution in [2.24, 2.45) is 4.99 Å². The van der Waals surface area contributed by atoms with Gasteiger partial charge in [-0.2, -0.15) is 0 Å². The highest BCUT2D eigenvalue weighted by molar-refractivity contribution is 9.10. The van der Waals surface area contributed by atoms with Crippen LogP contribution in [0.3, 0.4) is 0 Å². The molecule has 0 saturated heterocycles. The first kappa shape index (κ1) is 12.6. The predicted molar refractivity (Wildman–Crippen MR) is 76.9 cm³/mol. The third-order valence-corrected chi connectivity index (χ3v) is 3.75. The quantitative estimate of drug-likeness (QED) is 0.897. The second-order valence-electron chi connectivity index (χ2n) is 4.58. The summed E-state index contributed by atoms with van der Waals surface area (Å²) >= 11 is 3.52. The van der Waals surface area contributed by atoms with Gasteiger partial charge in [0.15, 0.2) is 17.5 Å². The van der Waals surface area contributed by atoms with Gasteiger partial charge in [-0.05, 0) is 33.6 Å². The Labute approximate surface area is 120 Å². The minimum atomic E-state index is 0.602. The number of hydrogen-bond acceptors (Lipinski definition) is 5. The minimum Gasteiger partial charge on any atom is -0.486 e. The van der Waals surface area contributed by atoms with Gasteiger partial charge in [0.1, 0.15) is 13.2 Å².